The Hall–Kier alpha value is -2.11. The van der Waals surface area contributed by atoms with Crippen molar-refractivity contribution < 1.29 is 14.6 Å². The lowest BCUT2D eigenvalue weighted by Gasteiger charge is -2.39. The van der Waals surface area contributed by atoms with E-state index in [1.165, 1.54) is 11.1 Å². The molecule has 1 aromatic carbocycles. The first kappa shape index (κ1) is 23.1. The molecule has 5 nitrogen and oxygen atoms in total. The first-order valence-electron chi connectivity index (χ1n) is 12.0. The van der Waals surface area contributed by atoms with Gasteiger partial charge in [0, 0.05) is 25.2 Å². The lowest BCUT2D eigenvalue weighted by Crippen LogP contribution is -2.42. The zero-order valence-electron chi connectivity index (χ0n) is 19.8. The summed E-state index contributed by atoms with van der Waals surface area (Å²) in [6.07, 6.45) is 12.2. The van der Waals surface area contributed by atoms with E-state index in [1.807, 2.05) is 24.3 Å². The number of carbonyl (C=O) groups is 1. The third kappa shape index (κ3) is 4.79. The molecule has 0 aliphatic heterocycles. The number of rotatable bonds is 6. The molecule has 3 aliphatic rings. The van der Waals surface area contributed by atoms with Gasteiger partial charge in [-0.15, -0.1) is 0 Å². The van der Waals surface area contributed by atoms with Crippen molar-refractivity contribution in [2.24, 2.45) is 23.0 Å². The van der Waals surface area contributed by atoms with E-state index in [9.17, 15) is 9.90 Å². The van der Waals surface area contributed by atoms with Crippen LogP contribution < -0.4 is 10.5 Å². The molecule has 3 N–H and O–H groups in total. The van der Waals surface area contributed by atoms with Crippen LogP contribution in [0.4, 0.5) is 0 Å². The quantitative estimate of drug-likeness (QED) is 0.694. The summed E-state index contributed by atoms with van der Waals surface area (Å²) in [5, 5.41) is 9.66. The maximum atomic E-state index is 12.2. The van der Waals surface area contributed by atoms with Crippen LogP contribution in [-0.4, -0.2) is 48.8 Å². The summed E-state index contributed by atoms with van der Waals surface area (Å²) in [4.78, 5) is 13.8. The predicted octanol–water partition coefficient (Wildman–Crippen LogP) is 4.32. The number of hydrogen-bond acceptors (Lipinski definition) is 4. The van der Waals surface area contributed by atoms with Crippen LogP contribution in [0.3, 0.4) is 0 Å². The molecule has 32 heavy (non-hydrogen) atoms. The molecule has 0 aromatic heterocycles. The number of aliphatic hydroxyl groups excluding tert-OH is 1. The van der Waals surface area contributed by atoms with Gasteiger partial charge in [0.05, 0.1) is 13.2 Å². The smallest absolute Gasteiger partial charge is 0.253 e. The highest BCUT2D eigenvalue weighted by Crippen LogP contribution is 2.51. The molecule has 0 radical (unpaired) electrons. The Labute approximate surface area is 192 Å². The molecule has 174 valence electrons. The van der Waals surface area contributed by atoms with E-state index >= 15 is 0 Å². The van der Waals surface area contributed by atoms with Gasteiger partial charge in [-0.3, -0.25) is 4.79 Å². The van der Waals surface area contributed by atoms with Gasteiger partial charge in [-0.1, -0.05) is 25.1 Å². The van der Waals surface area contributed by atoms with Crippen LogP contribution in [0.25, 0.3) is 0 Å². The van der Waals surface area contributed by atoms with Crippen LogP contribution in [0.1, 0.15) is 62.2 Å². The molecule has 1 amide bonds. The predicted molar refractivity (Wildman–Crippen MR) is 128 cm³/mol. The van der Waals surface area contributed by atoms with Crippen molar-refractivity contribution in [3.8, 4) is 5.75 Å². The zero-order chi connectivity index (χ0) is 22.9. The van der Waals surface area contributed by atoms with Gasteiger partial charge >= 0.3 is 0 Å². The Morgan fingerprint density at radius 3 is 2.81 bits per heavy atom. The fourth-order valence-electron chi connectivity index (χ4n) is 5.72. The third-order valence-electron chi connectivity index (χ3n) is 7.90. The van der Waals surface area contributed by atoms with E-state index in [-0.39, 0.29) is 23.5 Å². The average molecular weight is 439 g/mol. The summed E-state index contributed by atoms with van der Waals surface area (Å²) < 4.78 is 6.10. The normalized spacial score (nSPS) is 32.0. The molecule has 1 aromatic rings. The average Bonchev–Trinajstić information content (AvgIpc) is 3.21. The second-order valence-electron chi connectivity index (χ2n) is 10.7. The van der Waals surface area contributed by atoms with E-state index in [0.717, 1.165) is 50.7 Å². The highest BCUT2D eigenvalue weighted by molar-refractivity contribution is 5.94. The van der Waals surface area contributed by atoms with Crippen LogP contribution in [-0.2, 0) is 0 Å². The molecule has 2 fully saturated rings. The molecule has 0 saturated heterocycles. The first-order chi connectivity index (χ1) is 15.2. The van der Waals surface area contributed by atoms with Crippen molar-refractivity contribution in [1.29, 1.82) is 0 Å². The molecule has 1 unspecified atom stereocenters. The second-order valence-corrected chi connectivity index (χ2v) is 10.7. The van der Waals surface area contributed by atoms with Crippen LogP contribution in [0.2, 0.25) is 0 Å². The number of ether oxygens (including phenoxy) is 1. The molecule has 4 atom stereocenters. The summed E-state index contributed by atoms with van der Waals surface area (Å²) in [6.45, 7) is 3.14. The maximum absolute atomic E-state index is 12.2. The molecule has 0 bridgehead atoms. The van der Waals surface area contributed by atoms with E-state index in [1.54, 1.807) is 19.0 Å². The Kier molecular flexibility index (Phi) is 6.51. The lowest BCUT2D eigenvalue weighted by molar-refractivity contribution is 0.0827. The molecular weight excluding hydrogens is 400 g/mol. The van der Waals surface area contributed by atoms with Crippen LogP contribution in [0.5, 0.6) is 5.75 Å². The largest absolute Gasteiger partial charge is 0.493 e. The van der Waals surface area contributed by atoms with Gasteiger partial charge in [0.25, 0.3) is 5.91 Å². The molecule has 2 saturated carbocycles. The number of nitrogens with two attached hydrogens (primary N) is 1. The molecule has 0 spiro atoms. The summed E-state index contributed by atoms with van der Waals surface area (Å²) in [6, 6.07) is 7.48. The Morgan fingerprint density at radius 1 is 1.28 bits per heavy atom. The summed E-state index contributed by atoms with van der Waals surface area (Å²) in [5.74, 6) is 1.79. The Balaban J connectivity index is 1.34. The van der Waals surface area contributed by atoms with Gasteiger partial charge in [0.1, 0.15) is 5.75 Å². The van der Waals surface area contributed by atoms with Crippen LogP contribution in [0, 0.1) is 17.3 Å². The number of fused-ring (bicyclic) bond motifs is 1. The van der Waals surface area contributed by atoms with Gasteiger partial charge in [-0.25, -0.2) is 0 Å². The van der Waals surface area contributed by atoms with E-state index < -0.39 is 0 Å². The number of benzene rings is 1. The number of aliphatic hydroxyl groups is 1. The Bertz CT molecular complexity index is 921. The van der Waals surface area contributed by atoms with Gasteiger partial charge < -0.3 is 20.5 Å². The van der Waals surface area contributed by atoms with E-state index in [0.29, 0.717) is 24.0 Å². The highest BCUT2D eigenvalue weighted by atomic mass is 16.5. The molecular formula is C27H38N2O3. The molecule has 0 heterocycles. The lowest BCUT2D eigenvalue weighted by atomic mass is 9.66. The minimum atomic E-state index is -0.389. The standard InChI is InChI=1S/C27H38N2O3/c1-26(23-10-12-27(28,16-23)18-30)11-9-20-13-19(7-8-22(20)15-26)17-32-24-6-4-5-21(14-24)25(31)29(2)3/h4-6,9,14-15,19,23,30H,7-8,10-13,16-18,28H2,1-3H3/t19-,23+,26?,27-/m1/s1. The second kappa shape index (κ2) is 9.03. The third-order valence-corrected chi connectivity index (χ3v) is 7.90. The number of amides is 1. The number of hydrogen-bond donors (Lipinski definition) is 2. The van der Waals surface area contributed by atoms with Gasteiger partial charge in [-0.05, 0) is 91.5 Å². The number of nitrogens with zero attached hydrogens (tertiary/aromatic N) is 1. The first-order valence-corrected chi connectivity index (χ1v) is 12.0. The summed E-state index contributed by atoms with van der Waals surface area (Å²) in [5.41, 5.74) is 9.77. The van der Waals surface area contributed by atoms with Gasteiger partial charge in [-0.2, -0.15) is 0 Å². The van der Waals surface area contributed by atoms with Crippen molar-refractivity contribution in [3.05, 3.63) is 53.1 Å². The fourth-order valence-corrected chi connectivity index (χ4v) is 5.72. The van der Waals surface area contributed by atoms with Crippen molar-refractivity contribution >= 4 is 5.91 Å². The zero-order valence-corrected chi connectivity index (χ0v) is 19.8. The van der Waals surface area contributed by atoms with Gasteiger partial charge in [0.15, 0.2) is 0 Å². The summed E-state index contributed by atoms with van der Waals surface area (Å²) in [7, 11) is 3.52. The van der Waals surface area contributed by atoms with Crippen LogP contribution >= 0.6 is 0 Å². The van der Waals surface area contributed by atoms with E-state index in [4.69, 9.17) is 10.5 Å². The molecule has 4 rings (SSSR count). The van der Waals surface area contributed by atoms with Gasteiger partial charge in [0.2, 0.25) is 0 Å². The minimum Gasteiger partial charge on any atom is -0.493 e. The monoisotopic (exact) mass is 438 g/mol. The van der Waals surface area contributed by atoms with Crippen molar-refractivity contribution in [3.63, 3.8) is 0 Å². The number of allylic oxidation sites excluding steroid dienone is 4. The number of carbonyl (C=O) groups excluding carboxylic acids is 1. The highest BCUT2D eigenvalue weighted by Gasteiger charge is 2.44. The molecule has 5 heteroatoms. The van der Waals surface area contributed by atoms with Crippen molar-refractivity contribution in [2.45, 2.75) is 57.4 Å². The molecule has 3 aliphatic carbocycles. The minimum absolute atomic E-state index is 0.00793. The van der Waals surface area contributed by atoms with E-state index in [2.05, 4.69) is 19.1 Å². The Morgan fingerprint density at radius 2 is 2.09 bits per heavy atom. The van der Waals surface area contributed by atoms with Crippen molar-refractivity contribution in [2.75, 3.05) is 27.3 Å². The van der Waals surface area contributed by atoms with Crippen LogP contribution in [0.15, 0.2) is 47.6 Å². The van der Waals surface area contributed by atoms with Crippen molar-refractivity contribution in [1.82, 2.24) is 4.90 Å². The topological polar surface area (TPSA) is 75.8 Å². The fraction of sp³-hybridized carbons (Fsp3) is 0.593. The maximum Gasteiger partial charge on any atom is 0.253 e. The SMILES string of the molecule is CN(C)C(=O)c1cccc(OC[C@@H]2CCC3=CC(C)([C@H]4CC[C@](N)(CO)C4)CC=C3C2)c1. The summed E-state index contributed by atoms with van der Waals surface area (Å²) >= 11 is 0.